The second kappa shape index (κ2) is 8.14. The molecule has 0 aliphatic heterocycles. The summed E-state index contributed by atoms with van der Waals surface area (Å²) in [6.07, 6.45) is 1.48. The Kier molecular flexibility index (Phi) is 5.66. The van der Waals surface area contributed by atoms with Crippen molar-refractivity contribution in [1.82, 2.24) is 15.3 Å². The first kappa shape index (κ1) is 18.8. The molecule has 0 radical (unpaired) electrons. The minimum absolute atomic E-state index is 0.0706. The van der Waals surface area contributed by atoms with Crippen LogP contribution in [0.15, 0.2) is 48.7 Å². The maximum absolute atomic E-state index is 13.7. The Bertz CT molecular complexity index is 970. The Morgan fingerprint density at radius 3 is 2.70 bits per heavy atom. The van der Waals surface area contributed by atoms with Gasteiger partial charge in [-0.2, -0.15) is 0 Å². The van der Waals surface area contributed by atoms with Gasteiger partial charge in [0, 0.05) is 18.3 Å². The van der Waals surface area contributed by atoms with Gasteiger partial charge in [0.25, 0.3) is 5.91 Å². The second-order valence-electron chi connectivity index (χ2n) is 6.10. The maximum Gasteiger partial charge on any atom is 0.270 e. The highest BCUT2D eigenvalue weighted by Gasteiger charge is 2.12. The summed E-state index contributed by atoms with van der Waals surface area (Å²) in [5.41, 5.74) is 3.25. The molecule has 0 aliphatic carbocycles. The van der Waals surface area contributed by atoms with Gasteiger partial charge in [0.15, 0.2) is 0 Å². The minimum Gasteiger partial charge on any atom is -0.347 e. The summed E-state index contributed by atoms with van der Waals surface area (Å²) in [5.74, 6) is -0.537. The number of carbonyl (C=O) groups is 1. The first-order chi connectivity index (χ1) is 12.9. The van der Waals surface area contributed by atoms with Gasteiger partial charge in [-0.1, -0.05) is 35.9 Å². The van der Waals surface area contributed by atoms with Crippen molar-refractivity contribution in [1.29, 1.82) is 0 Å². The molecule has 2 aromatic carbocycles. The Morgan fingerprint density at radius 1 is 1.19 bits per heavy atom. The SMILES string of the molecule is Cc1cc(C)c(Nc2nccc(C(=O)NCc3ccccc3F)n2)c(Cl)c1. The van der Waals surface area contributed by atoms with E-state index in [0.717, 1.165) is 11.1 Å². The van der Waals surface area contributed by atoms with E-state index in [0.29, 0.717) is 16.3 Å². The normalized spacial score (nSPS) is 10.5. The number of benzene rings is 2. The molecule has 0 saturated heterocycles. The number of hydrogen-bond acceptors (Lipinski definition) is 4. The van der Waals surface area contributed by atoms with Crippen LogP contribution in [-0.4, -0.2) is 15.9 Å². The molecule has 0 atom stereocenters. The second-order valence-corrected chi connectivity index (χ2v) is 6.51. The third-order valence-corrected chi connectivity index (χ3v) is 4.25. The van der Waals surface area contributed by atoms with Gasteiger partial charge in [-0.05, 0) is 43.2 Å². The summed E-state index contributed by atoms with van der Waals surface area (Å²) < 4.78 is 13.7. The van der Waals surface area contributed by atoms with E-state index in [1.165, 1.54) is 18.3 Å². The minimum atomic E-state index is -0.421. The van der Waals surface area contributed by atoms with Crippen LogP contribution < -0.4 is 10.6 Å². The number of rotatable bonds is 5. The molecule has 5 nitrogen and oxygen atoms in total. The first-order valence-corrected chi connectivity index (χ1v) is 8.70. The fourth-order valence-electron chi connectivity index (χ4n) is 2.64. The van der Waals surface area contributed by atoms with E-state index in [1.807, 2.05) is 26.0 Å². The van der Waals surface area contributed by atoms with Gasteiger partial charge in [0.05, 0.1) is 10.7 Å². The van der Waals surface area contributed by atoms with Crippen LogP contribution in [0.3, 0.4) is 0 Å². The summed E-state index contributed by atoms with van der Waals surface area (Å²) in [6, 6.07) is 11.6. The topological polar surface area (TPSA) is 66.9 Å². The molecule has 1 aromatic heterocycles. The lowest BCUT2D eigenvalue weighted by Crippen LogP contribution is -2.24. The maximum atomic E-state index is 13.7. The fraction of sp³-hybridized carbons (Fsp3) is 0.150. The van der Waals surface area contributed by atoms with Gasteiger partial charge in [0.2, 0.25) is 5.95 Å². The molecule has 1 heterocycles. The highest BCUT2D eigenvalue weighted by molar-refractivity contribution is 6.33. The molecule has 0 spiro atoms. The first-order valence-electron chi connectivity index (χ1n) is 8.32. The predicted molar refractivity (Wildman–Crippen MR) is 104 cm³/mol. The van der Waals surface area contributed by atoms with E-state index < -0.39 is 5.91 Å². The summed E-state index contributed by atoms with van der Waals surface area (Å²) in [4.78, 5) is 20.7. The van der Waals surface area contributed by atoms with E-state index in [9.17, 15) is 9.18 Å². The number of aryl methyl sites for hydroxylation is 2. The Hall–Kier alpha value is -2.99. The van der Waals surface area contributed by atoms with Gasteiger partial charge in [-0.15, -0.1) is 0 Å². The van der Waals surface area contributed by atoms with Gasteiger partial charge in [-0.25, -0.2) is 14.4 Å². The van der Waals surface area contributed by atoms with E-state index in [-0.39, 0.29) is 24.0 Å². The van der Waals surface area contributed by atoms with E-state index >= 15 is 0 Å². The molecule has 0 fully saturated rings. The van der Waals surface area contributed by atoms with Crippen molar-refractivity contribution in [2.24, 2.45) is 0 Å². The summed E-state index contributed by atoms with van der Waals surface area (Å²) in [6.45, 7) is 3.95. The molecule has 3 rings (SSSR count). The predicted octanol–water partition coefficient (Wildman–Crippen LogP) is 4.56. The number of amides is 1. The molecular weight excluding hydrogens is 367 g/mol. The van der Waals surface area contributed by atoms with Gasteiger partial charge in [0.1, 0.15) is 11.5 Å². The molecule has 0 unspecified atom stereocenters. The smallest absolute Gasteiger partial charge is 0.270 e. The summed E-state index contributed by atoms with van der Waals surface area (Å²) >= 11 is 6.29. The van der Waals surface area contributed by atoms with Crippen molar-refractivity contribution in [2.45, 2.75) is 20.4 Å². The Morgan fingerprint density at radius 2 is 1.96 bits per heavy atom. The van der Waals surface area contributed by atoms with Crippen LogP contribution in [0, 0.1) is 19.7 Å². The molecule has 0 aliphatic rings. The van der Waals surface area contributed by atoms with Crippen molar-refractivity contribution in [2.75, 3.05) is 5.32 Å². The number of hydrogen-bond donors (Lipinski definition) is 2. The lowest BCUT2D eigenvalue weighted by atomic mass is 10.1. The van der Waals surface area contributed by atoms with Crippen molar-refractivity contribution in [3.8, 4) is 0 Å². The Balaban J connectivity index is 1.74. The van der Waals surface area contributed by atoms with E-state index in [1.54, 1.807) is 18.2 Å². The molecular formula is C20H18ClFN4O. The lowest BCUT2D eigenvalue weighted by molar-refractivity contribution is 0.0945. The fourth-order valence-corrected chi connectivity index (χ4v) is 3.01. The number of halogens is 2. The van der Waals surface area contributed by atoms with Crippen molar-refractivity contribution >= 4 is 29.1 Å². The van der Waals surface area contributed by atoms with Crippen molar-refractivity contribution < 1.29 is 9.18 Å². The van der Waals surface area contributed by atoms with Crippen LogP contribution >= 0.6 is 11.6 Å². The third kappa shape index (κ3) is 4.60. The Labute approximate surface area is 161 Å². The molecule has 0 bridgehead atoms. The molecule has 3 aromatic rings. The van der Waals surface area contributed by atoms with Crippen LogP contribution in [-0.2, 0) is 6.54 Å². The van der Waals surface area contributed by atoms with Gasteiger partial charge < -0.3 is 10.6 Å². The zero-order valence-corrected chi connectivity index (χ0v) is 15.6. The van der Waals surface area contributed by atoms with Gasteiger partial charge >= 0.3 is 0 Å². The summed E-state index contributed by atoms with van der Waals surface area (Å²) in [7, 11) is 0. The number of nitrogens with one attached hydrogen (secondary N) is 2. The largest absolute Gasteiger partial charge is 0.347 e. The highest BCUT2D eigenvalue weighted by atomic mass is 35.5. The van der Waals surface area contributed by atoms with Crippen LogP contribution in [0.4, 0.5) is 16.0 Å². The monoisotopic (exact) mass is 384 g/mol. The number of nitrogens with zero attached hydrogens (tertiary/aromatic N) is 2. The molecule has 0 saturated carbocycles. The van der Waals surface area contributed by atoms with E-state index in [2.05, 4.69) is 20.6 Å². The van der Waals surface area contributed by atoms with Crippen LogP contribution in [0.5, 0.6) is 0 Å². The number of aromatic nitrogens is 2. The van der Waals surface area contributed by atoms with Crippen LogP contribution in [0.25, 0.3) is 0 Å². The van der Waals surface area contributed by atoms with Crippen molar-refractivity contribution in [3.63, 3.8) is 0 Å². The van der Waals surface area contributed by atoms with Crippen LogP contribution in [0.2, 0.25) is 5.02 Å². The average Bonchev–Trinajstić information content (AvgIpc) is 2.64. The molecule has 138 valence electrons. The quantitative estimate of drug-likeness (QED) is 0.676. The van der Waals surface area contributed by atoms with Crippen molar-refractivity contribution in [3.05, 3.63) is 81.9 Å². The average molecular weight is 385 g/mol. The zero-order valence-electron chi connectivity index (χ0n) is 14.9. The van der Waals surface area contributed by atoms with Gasteiger partial charge in [-0.3, -0.25) is 4.79 Å². The molecule has 27 heavy (non-hydrogen) atoms. The standard InChI is InChI=1S/C20H18ClFN4O/c1-12-9-13(2)18(15(21)10-12)26-20-23-8-7-17(25-20)19(27)24-11-14-5-3-4-6-16(14)22/h3-10H,11H2,1-2H3,(H,24,27)(H,23,25,26). The zero-order chi connectivity index (χ0) is 19.4. The third-order valence-electron chi connectivity index (χ3n) is 3.95. The molecule has 2 N–H and O–H groups in total. The lowest BCUT2D eigenvalue weighted by Gasteiger charge is -2.12. The summed E-state index contributed by atoms with van der Waals surface area (Å²) in [5, 5.41) is 6.25. The number of anilines is 2. The highest BCUT2D eigenvalue weighted by Crippen LogP contribution is 2.29. The number of carbonyl (C=O) groups excluding carboxylic acids is 1. The van der Waals surface area contributed by atoms with E-state index in [4.69, 9.17) is 11.6 Å². The van der Waals surface area contributed by atoms with Crippen LogP contribution in [0.1, 0.15) is 27.2 Å². The molecule has 1 amide bonds. The molecule has 7 heteroatoms.